The van der Waals surface area contributed by atoms with E-state index in [1.165, 1.54) is 43.7 Å². The Kier molecular flexibility index (Phi) is 2.91. The molecule has 0 fully saturated rings. The summed E-state index contributed by atoms with van der Waals surface area (Å²) in [6.07, 6.45) is 0. The van der Waals surface area contributed by atoms with Crippen molar-refractivity contribution in [3.63, 3.8) is 0 Å². The fraction of sp³-hybridized carbons (Fsp3) is 0. The van der Waals surface area contributed by atoms with Gasteiger partial charge in [0.05, 0.1) is 11.0 Å². The number of fused-ring (bicyclic) bond motifs is 5. The number of nitrogens with zero attached hydrogens (tertiary/aromatic N) is 1. The Balaban J connectivity index is 1.64. The number of para-hydroxylation sites is 2. The van der Waals surface area contributed by atoms with E-state index >= 15 is 0 Å². The van der Waals surface area contributed by atoms with Gasteiger partial charge in [0.25, 0.3) is 0 Å². The minimum Gasteiger partial charge on any atom is -0.354 e. The van der Waals surface area contributed by atoms with Gasteiger partial charge in [-0.2, -0.15) is 0 Å². The number of aromatic amines is 1. The van der Waals surface area contributed by atoms with E-state index in [0.717, 1.165) is 11.0 Å². The second-order valence-electron chi connectivity index (χ2n) is 6.98. The molecule has 0 aliphatic rings. The highest BCUT2D eigenvalue weighted by molar-refractivity contribution is 6.09. The lowest BCUT2D eigenvalue weighted by molar-refractivity contribution is 1.49. The van der Waals surface area contributed by atoms with Gasteiger partial charge in [0.2, 0.25) is 0 Å². The lowest BCUT2D eigenvalue weighted by Crippen LogP contribution is -1.86. The zero-order valence-corrected chi connectivity index (χ0v) is 14.6. The first kappa shape index (κ1) is 14.5. The highest BCUT2D eigenvalue weighted by Crippen LogP contribution is 2.33. The molecule has 4 aromatic carbocycles. The first-order chi connectivity index (χ1) is 13.4. The summed E-state index contributed by atoms with van der Waals surface area (Å²) >= 11 is 0. The first-order valence-electron chi connectivity index (χ1n) is 9.16. The Morgan fingerprint density at radius 2 is 1.37 bits per heavy atom. The topological polar surface area (TPSA) is 28.7 Å². The van der Waals surface area contributed by atoms with Crippen LogP contribution in [0.5, 0.6) is 0 Å². The first-order valence-corrected chi connectivity index (χ1v) is 9.16. The van der Waals surface area contributed by atoms with E-state index in [1.807, 2.05) is 6.07 Å². The maximum atomic E-state index is 4.85. The number of pyridine rings is 1. The van der Waals surface area contributed by atoms with Gasteiger partial charge in [0, 0.05) is 32.6 Å². The van der Waals surface area contributed by atoms with Crippen LogP contribution in [0.1, 0.15) is 0 Å². The van der Waals surface area contributed by atoms with Crippen molar-refractivity contribution < 1.29 is 0 Å². The van der Waals surface area contributed by atoms with Crippen LogP contribution in [0.2, 0.25) is 0 Å². The van der Waals surface area contributed by atoms with Crippen molar-refractivity contribution in [3.05, 3.63) is 91.0 Å². The van der Waals surface area contributed by atoms with Crippen LogP contribution in [0.4, 0.5) is 0 Å². The number of aromatic nitrogens is 2. The predicted octanol–water partition coefficient (Wildman–Crippen LogP) is 6.69. The van der Waals surface area contributed by atoms with E-state index in [1.54, 1.807) is 0 Å². The molecule has 0 bridgehead atoms. The zero-order chi connectivity index (χ0) is 17.8. The number of rotatable bonds is 1. The van der Waals surface area contributed by atoms with Crippen molar-refractivity contribution in [3.8, 4) is 11.1 Å². The Morgan fingerprint density at radius 3 is 2.37 bits per heavy atom. The molecule has 0 amide bonds. The summed E-state index contributed by atoms with van der Waals surface area (Å²) in [5.74, 6) is 0. The summed E-state index contributed by atoms with van der Waals surface area (Å²) in [6.45, 7) is 0. The van der Waals surface area contributed by atoms with Gasteiger partial charge < -0.3 is 4.98 Å². The van der Waals surface area contributed by atoms with Crippen molar-refractivity contribution >= 4 is 43.6 Å². The Morgan fingerprint density at radius 1 is 0.556 bits per heavy atom. The van der Waals surface area contributed by atoms with Gasteiger partial charge in [0.15, 0.2) is 0 Å². The smallest absolute Gasteiger partial charge is 0.0715 e. The molecule has 0 unspecified atom stereocenters. The summed E-state index contributed by atoms with van der Waals surface area (Å²) in [4.78, 5) is 8.40. The van der Waals surface area contributed by atoms with E-state index in [-0.39, 0.29) is 0 Å². The van der Waals surface area contributed by atoms with Gasteiger partial charge in [-0.1, -0.05) is 60.7 Å². The molecule has 126 valence electrons. The number of hydrogen-bond acceptors (Lipinski definition) is 1. The van der Waals surface area contributed by atoms with E-state index in [2.05, 4.69) is 89.9 Å². The van der Waals surface area contributed by atoms with Gasteiger partial charge in [-0.3, -0.25) is 0 Å². The van der Waals surface area contributed by atoms with Crippen molar-refractivity contribution in [2.45, 2.75) is 0 Å². The zero-order valence-electron chi connectivity index (χ0n) is 14.6. The van der Waals surface area contributed by atoms with Gasteiger partial charge >= 0.3 is 0 Å². The Bertz CT molecular complexity index is 1470. The highest BCUT2D eigenvalue weighted by atomic mass is 14.7. The third-order valence-electron chi connectivity index (χ3n) is 5.38. The van der Waals surface area contributed by atoms with Crippen molar-refractivity contribution in [2.75, 3.05) is 0 Å². The van der Waals surface area contributed by atoms with E-state index in [9.17, 15) is 0 Å². The molecule has 0 spiro atoms. The second kappa shape index (κ2) is 5.42. The van der Waals surface area contributed by atoms with E-state index in [4.69, 9.17) is 4.98 Å². The molecule has 2 heteroatoms. The molecule has 0 atom stereocenters. The summed E-state index contributed by atoms with van der Waals surface area (Å²) < 4.78 is 0. The van der Waals surface area contributed by atoms with Crippen LogP contribution in [-0.2, 0) is 0 Å². The van der Waals surface area contributed by atoms with Crippen molar-refractivity contribution in [1.29, 1.82) is 0 Å². The molecule has 6 aromatic rings. The highest BCUT2D eigenvalue weighted by Gasteiger charge is 2.09. The molecule has 2 nitrogen and oxygen atoms in total. The molecular formula is C25H16N2. The van der Waals surface area contributed by atoms with Crippen LogP contribution in [0, 0.1) is 0 Å². The van der Waals surface area contributed by atoms with Crippen LogP contribution >= 0.6 is 0 Å². The summed E-state index contributed by atoms with van der Waals surface area (Å²) in [5.41, 5.74) is 6.83. The molecule has 0 saturated heterocycles. The van der Waals surface area contributed by atoms with Crippen LogP contribution in [-0.4, -0.2) is 9.97 Å². The monoisotopic (exact) mass is 344 g/mol. The fourth-order valence-electron chi connectivity index (χ4n) is 4.07. The number of nitrogens with one attached hydrogen (secondary N) is 1. The van der Waals surface area contributed by atoms with Crippen LogP contribution in [0.3, 0.4) is 0 Å². The molecule has 6 rings (SSSR count). The average Bonchev–Trinajstić information content (AvgIpc) is 3.09. The molecule has 0 radical (unpaired) electrons. The van der Waals surface area contributed by atoms with Gasteiger partial charge in [-0.25, -0.2) is 4.98 Å². The number of H-pyrrole nitrogens is 1. The molecule has 1 N–H and O–H groups in total. The van der Waals surface area contributed by atoms with E-state index in [0.29, 0.717) is 0 Å². The lowest BCUT2D eigenvalue weighted by atomic mass is 9.98. The largest absolute Gasteiger partial charge is 0.354 e. The van der Waals surface area contributed by atoms with E-state index < -0.39 is 0 Å². The van der Waals surface area contributed by atoms with Gasteiger partial charge in [0.1, 0.15) is 0 Å². The Hall–Kier alpha value is -3.65. The third-order valence-corrected chi connectivity index (χ3v) is 5.38. The normalized spacial score (nSPS) is 11.7. The van der Waals surface area contributed by atoms with Crippen molar-refractivity contribution in [2.24, 2.45) is 0 Å². The van der Waals surface area contributed by atoms with Crippen LogP contribution in [0.15, 0.2) is 91.0 Å². The van der Waals surface area contributed by atoms with Crippen LogP contribution in [0.25, 0.3) is 54.7 Å². The molecule has 0 saturated carbocycles. The minimum atomic E-state index is 1.03. The lowest BCUT2D eigenvalue weighted by Gasteiger charge is -2.08. The standard InChI is InChI=1S/C25H16N2/c1-3-9-22-17(6-1)14-21-18(8-5-11-24(21)26-22)16-12-13-20-19-7-2-4-10-23(19)27-25(20)15-16/h1-15,27H. The molecular weight excluding hydrogens is 328 g/mol. The van der Waals surface area contributed by atoms with Gasteiger partial charge in [-0.15, -0.1) is 0 Å². The summed E-state index contributed by atoms with van der Waals surface area (Å²) in [7, 11) is 0. The summed E-state index contributed by atoms with van der Waals surface area (Å²) in [5, 5.41) is 4.89. The third kappa shape index (κ3) is 2.17. The minimum absolute atomic E-state index is 1.03. The molecule has 2 aromatic heterocycles. The van der Waals surface area contributed by atoms with Crippen LogP contribution < -0.4 is 0 Å². The molecule has 27 heavy (non-hydrogen) atoms. The average molecular weight is 344 g/mol. The number of benzene rings is 4. The molecule has 2 heterocycles. The summed E-state index contributed by atoms with van der Waals surface area (Å²) in [6, 6.07) is 32.0. The van der Waals surface area contributed by atoms with Crippen molar-refractivity contribution in [1.82, 2.24) is 9.97 Å². The number of hydrogen-bond donors (Lipinski definition) is 1. The SMILES string of the molecule is c1ccc2nc3cccc(-c4ccc5c(c4)[nH]c4ccccc45)c3cc2c1. The second-order valence-corrected chi connectivity index (χ2v) is 6.98. The molecule has 0 aliphatic carbocycles. The quantitative estimate of drug-likeness (QED) is 0.331. The predicted molar refractivity (Wildman–Crippen MR) is 114 cm³/mol. The molecule has 0 aliphatic heterocycles. The maximum absolute atomic E-state index is 4.85. The Labute approximate surface area is 156 Å². The maximum Gasteiger partial charge on any atom is 0.0715 e. The van der Waals surface area contributed by atoms with Gasteiger partial charge in [-0.05, 0) is 41.5 Å². The fourth-order valence-corrected chi connectivity index (χ4v) is 4.07.